The maximum Gasteiger partial charge on any atom is 0.0861 e. The Morgan fingerprint density at radius 1 is 1.53 bits per heavy atom. The summed E-state index contributed by atoms with van der Waals surface area (Å²) in [4.78, 5) is 0. The molecule has 0 amide bonds. The molecule has 1 aliphatic heterocycles. The van der Waals surface area contributed by atoms with E-state index in [4.69, 9.17) is 9.84 Å². The van der Waals surface area contributed by atoms with Crippen LogP contribution in [-0.4, -0.2) is 60.7 Å². The number of ether oxygens (including phenoxy) is 1. The predicted octanol–water partition coefficient (Wildman–Crippen LogP) is -0.303. The van der Waals surface area contributed by atoms with Gasteiger partial charge < -0.3 is 20.3 Å². The van der Waals surface area contributed by atoms with Gasteiger partial charge in [0, 0.05) is 30.1 Å². The summed E-state index contributed by atoms with van der Waals surface area (Å²) >= 11 is 1.68. The molecule has 0 bridgehead atoms. The molecule has 1 fully saturated rings. The number of hydrogen-bond donors (Lipinski definition) is 3. The van der Waals surface area contributed by atoms with E-state index < -0.39 is 6.10 Å². The van der Waals surface area contributed by atoms with E-state index in [1.54, 1.807) is 11.8 Å². The third kappa shape index (κ3) is 4.70. The Morgan fingerprint density at radius 3 is 2.87 bits per heavy atom. The van der Waals surface area contributed by atoms with Gasteiger partial charge in [-0.3, -0.25) is 0 Å². The first-order chi connectivity index (χ1) is 7.27. The minimum absolute atomic E-state index is 0.149. The lowest BCUT2D eigenvalue weighted by Crippen LogP contribution is -2.36. The maximum absolute atomic E-state index is 9.19. The Morgan fingerprint density at radius 2 is 2.33 bits per heavy atom. The lowest BCUT2D eigenvalue weighted by molar-refractivity contribution is 0.113. The van der Waals surface area contributed by atoms with Crippen LogP contribution in [-0.2, 0) is 4.74 Å². The van der Waals surface area contributed by atoms with Gasteiger partial charge in [-0.05, 0) is 13.5 Å². The zero-order chi connectivity index (χ0) is 11.1. The van der Waals surface area contributed by atoms with Gasteiger partial charge in [0.25, 0.3) is 0 Å². The van der Waals surface area contributed by atoms with Gasteiger partial charge in [-0.15, -0.1) is 0 Å². The maximum atomic E-state index is 9.19. The Hall–Kier alpha value is 0.190. The van der Waals surface area contributed by atoms with Crippen LogP contribution < -0.4 is 5.32 Å². The van der Waals surface area contributed by atoms with Gasteiger partial charge in [0.05, 0.1) is 19.3 Å². The average molecular weight is 235 g/mol. The van der Waals surface area contributed by atoms with E-state index >= 15 is 0 Å². The van der Waals surface area contributed by atoms with Gasteiger partial charge in [-0.2, -0.15) is 11.8 Å². The molecule has 0 aromatic carbocycles. The number of aliphatic hydroxyl groups is 2. The standard InChI is InChI=1S/C10H21NO3S/c1-11-10(8-2-3-14-5-8)7-15-6-9(13)4-12/h8-13H,2-7H2,1H3. The van der Waals surface area contributed by atoms with E-state index in [-0.39, 0.29) is 6.61 Å². The summed E-state index contributed by atoms with van der Waals surface area (Å²) in [6.07, 6.45) is 0.529. The molecule has 3 atom stereocenters. The highest BCUT2D eigenvalue weighted by Gasteiger charge is 2.24. The van der Waals surface area contributed by atoms with E-state index in [0.29, 0.717) is 17.7 Å². The third-order valence-electron chi connectivity index (χ3n) is 2.72. The average Bonchev–Trinajstić information content (AvgIpc) is 2.77. The molecule has 4 nitrogen and oxygen atoms in total. The van der Waals surface area contributed by atoms with Crippen LogP contribution in [0.5, 0.6) is 0 Å². The molecule has 0 saturated carbocycles. The van der Waals surface area contributed by atoms with Gasteiger partial charge in [-0.25, -0.2) is 0 Å². The summed E-state index contributed by atoms with van der Waals surface area (Å²) in [6, 6.07) is 0.448. The molecule has 1 heterocycles. The van der Waals surface area contributed by atoms with Crippen LogP contribution in [0.25, 0.3) is 0 Å². The predicted molar refractivity (Wildman–Crippen MR) is 62.2 cm³/mol. The molecule has 1 aliphatic rings. The van der Waals surface area contributed by atoms with Crippen LogP contribution in [0, 0.1) is 5.92 Å². The summed E-state index contributed by atoms with van der Waals surface area (Å²) in [6.45, 7) is 1.56. The lowest BCUT2D eigenvalue weighted by Gasteiger charge is -2.21. The summed E-state index contributed by atoms with van der Waals surface area (Å²) in [7, 11) is 1.96. The largest absolute Gasteiger partial charge is 0.394 e. The smallest absolute Gasteiger partial charge is 0.0861 e. The fraction of sp³-hybridized carbons (Fsp3) is 1.00. The van der Waals surface area contributed by atoms with Crippen LogP contribution in [0.2, 0.25) is 0 Å². The molecule has 15 heavy (non-hydrogen) atoms. The third-order valence-corrected chi connectivity index (χ3v) is 3.94. The fourth-order valence-electron chi connectivity index (χ4n) is 1.71. The number of thioether (sulfide) groups is 1. The summed E-state index contributed by atoms with van der Waals surface area (Å²) in [5.74, 6) is 2.15. The van der Waals surface area contributed by atoms with Crippen LogP contribution in [0.15, 0.2) is 0 Å². The van der Waals surface area contributed by atoms with E-state index in [0.717, 1.165) is 25.4 Å². The minimum atomic E-state index is -0.590. The number of aliphatic hydroxyl groups excluding tert-OH is 2. The molecule has 3 N–H and O–H groups in total. The van der Waals surface area contributed by atoms with Gasteiger partial charge in [0.15, 0.2) is 0 Å². The normalized spacial score (nSPS) is 25.4. The number of rotatable bonds is 7. The number of nitrogens with one attached hydrogen (secondary N) is 1. The highest BCUT2D eigenvalue weighted by molar-refractivity contribution is 7.99. The SMILES string of the molecule is CNC(CSCC(O)CO)C1CCOC1. The second-order valence-corrected chi connectivity index (χ2v) is 4.97. The first-order valence-corrected chi connectivity index (χ1v) is 6.55. The Labute approximate surface area is 95.4 Å². The summed E-state index contributed by atoms with van der Waals surface area (Å²) < 4.78 is 5.35. The molecular weight excluding hydrogens is 214 g/mol. The molecule has 0 aliphatic carbocycles. The molecule has 0 aromatic heterocycles. The van der Waals surface area contributed by atoms with Gasteiger partial charge in [0.1, 0.15) is 0 Å². The van der Waals surface area contributed by atoms with Crippen molar-refractivity contribution in [3.63, 3.8) is 0 Å². The highest BCUT2D eigenvalue weighted by Crippen LogP contribution is 2.19. The lowest BCUT2D eigenvalue weighted by atomic mass is 10.0. The van der Waals surface area contributed by atoms with E-state index in [1.807, 2.05) is 7.05 Å². The zero-order valence-electron chi connectivity index (χ0n) is 9.19. The van der Waals surface area contributed by atoms with Crippen molar-refractivity contribution in [2.75, 3.05) is 38.4 Å². The second-order valence-electron chi connectivity index (χ2n) is 3.89. The molecule has 90 valence electrons. The Balaban J connectivity index is 2.15. The first-order valence-electron chi connectivity index (χ1n) is 5.39. The van der Waals surface area contributed by atoms with Crippen molar-refractivity contribution in [2.45, 2.75) is 18.6 Å². The van der Waals surface area contributed by atoms with Gasteiger partial charge in [-0.1, -0.05) is 0 Å². The number of hydrogen-bond acceptors (Lipinski definition) is 5. The van der Waals surface area contributed by atoms with Crippen molar-refractivity contribution in [1.82, 2.24) is 5.32 Å². The van der Waals surface area contributed by atoms with Crippen molar-refractivity contribution in [3.05, 3.63) is 0 Å². The molecule has 0 radical (unpaired) electrons. The van der Waals surface area contributed by atoms with Crippen molar-refractivity contribution in [3.8, 4) is 0 Å². The molecule has 0 spiro atoms. The topological polar surface area (TPSA) is 61.7 Å². The van der Waals surface area contributed by atoms with Crippen molar-refractivity contribution in [2.24, 2.45) is 5.92 Å². The quantitative estimate of drug-likeness (QED) is 0.565. The van der Waals surface area contributed by atoms with E-state index in [2.05, 4.69) is 5.32 Å². The first kappa shape index (κ1) is 13.3. The van der Waals surface area contributed by atoms with Gasteiger partial charge >= 0.3 is 0 Å². The molecule has 1 rings (SSSR count). The highest BCUT2D eigenvalue weighted by atomic mass is 32.2. The van der Waals surface area contributed by atoms with Crippen molar-refractivity contribution < 1.29 is 14.9 Å². The zero-order valence-corrected chi connectivity index (χ0v) is 10.0. The minimum Gasteiger partial charge on any atom is -0.394 e. The van der Waals surface area contributed by atoms with Crippen molar-refractivity contribution in [1.29, 1.82) is 0 Å². The molecule has 1 saturated heterocycles. The van der Waals surface area contributed by atoms with Gasteiger partial charge in [0.2, 0.25) is 0 Å². The Kier molecular flexibility index (Phi) is 6.59. The van der Waals surface area contributed by atoms with Crippen LogP contribution in [0.3, 0.4) is 0 Å². The molecule has 3 unspecified atom stereocenters. The van der Waals surface area contributed by atoms with E-state index in [9.17, 15) is 5.11 Å². The van der Waals surface area contributed by atoms with Crippen molar-refractivity contribution >= 4 is 11.8 Å². The Bertz CT molecular complexity index is 165. The van der Waals surface area contributed by atoms with E-state index in [1.165, 1.54) is 0 Å². The fourth-order valence-corrected chi connectivity index (χ4v) is 2.92. The van der Waals surface area contributed by atoms with Crippen LogP contribution in [0.4, 0.5) is 0 Å². The second kappa shape index (κ2) is 7.46. The van der Waals surface area contributed by atoms with Crippen LogP contribution >= 0.6 is 11.8 Å². The summed E-state index contributed by atoms with van der Waals surface area (Å²) in [5, 5.41) is 21.2. The monoisotopic (exact) mass is 235 g/mol. The molecule has 0 aromatic rings. The summed E-state index contributed by atoms with van der Waals surface area (Å²) in [5.41, 5.74) is 0. The molecular formula is C10H21NO3S. The molecule has 5 heteroatoms. The van der Waals surface area contributed by atoms with Crippen LogP contribution in [0.1, 0.15) is 6.42 Å².